The quantitative estimate of drug-likeness (QED) is 0.873. The van der Waals surface area contributed by atoms with Gasteiger partial charge in [-0.25, -0.2) is 4.79 Å². The van der Waals surface area contributed by atoms with Crippen LogP contribution >= 0.6 is 11.3 Å². The van der Waals surface area contributed by atoms with Gasteiger partial charge in [-0.3, -0.25) is 4.79 Å². The van der Waals surface area contributed by atoms with Crippen LogP contribution in [0.25, 0.3) is 10.4 Å². The Hall–Kier alpha value is -2.34. The van der Waals surface area contributed by atoms with E-state index in [9.17, 15) is 9.59 Å². The maximum atomic E-state index is 12.2. The molecular formula is C17H17NO4S. The van der Waals surface area contributed by atoms with Crippen LogP contribution in [0.3, 0.4) is 0 Å². The number of aryl methyl sites for hydroxylation is 2. The van der Waals surface area contributed by atoms with Crippen molar-refractivity contribution in [3.05, 3.63) is 40.3 Å². The van der Waals surface area contributed by atoms with Crippen LogP contribution < -0.4 is 10.5 Å². The van der Waals surface area contributed by atoms with Gasteiger partial charge in [-0.1, -0.05) is 0 Å². The van der Waals surface area contributed by atoms with Gasteiger partial charge in [0.1, 0.15) is 10.6 Å². The number of thiophene rings is 1. The number of hydrogen-bond acceptors (Lipinski definition) is 5. The van der Waals surface area contributed by atoms with Crippen molar-refractivity contribution in [3.63, 3.8) is 0 Å². The largest absolute Gasteiger partial charge is 0.497 e. The minimum absolute atomic E-state index is 0.492. The molecule has 1 atom stereocenters. The molecule has 120 valence electrons. The van der Waals surface area contributed by atoms with Gasteiger partial charge in [0.15, 0.2) is 6.10 Å². The van der Waals surface area contributed by atoms with Gasteiger partial charge >= 0.3 is 5.97 Å². The fourth-order valence-electron chi connectivity index (χ4n) is 2.61. The topological polar surface area (TPSA) is 78.6 Å². The Bertz CT molecular complexity index is 781. The molecule has 0 saturated heterocycles. The molecule has 0 spiro atoms. The van der Waals surface area contributed by atoms with E-state index in [-0.39, 0.29) is 0 Å². The molecule has 0 unspecified atom stereocenters. The first-order valence-corrected chi connectivity index (χ1v) is 8.11. The lowest BCUT2D eigenvalue weighted by atomic mass is 9.91. The molecule has 2 N–H and O–H groups in total. The predicted molar refractivity (Wildman–Crippen MR) is 87.8 cm³/mol. The first kappa shape index (κ1) is 15.6. The fraction of sp³-hybridized carbons (Fsp3) is 0.294. The standard InChI is InChI=1S/C17H17NO4S/c1-9(16(18)19)22-17(20)14-8-11-4-3-10-7-12(21-2)5-6-13(10)15(11)23-14/h5-9H,3-4H2,1-2H3,(H2,18,19)/t9-/m0/s1. The Kier molecular flexibility index (Phi) is 4.09. The number of amides is 1. The summed E-state index contributed by atoms with van der Waals surface area (Å²) in [5.74, 6) is -0.332. The second kappa shape index (κ2) is 6.04. The van der Waals surface area contributed by atoms with Crippen LogP contribution in [0.4, 0.5) is 0 Å². The number of benzene rings is 1. The molecule has 6 heteroatoms. The number of esters is 1. The second-order valence-electron chi connectivity index (χ2n) is 5.44. The third-order valence-electron chi connectivity index (χ3n) is 3.92. The number of carbonyl (C=O) groups is 2. The summed E-state index contributed by atoms with van der Waals surface area (Å²) in [7, 11) is 1.65. The summed E-state index contributed by atoms with van der Waals surface area (Å²) in [6.45, 7) is 1.47. The Morgan fingerprint density at radius 1 is 1.22 bits per heavy atom. The molecule has 1 aliphatic rings. The lowest BCUT2D eigenvalue weighted by molar-refractivity contribution is -0.125. The molecule has 0 bridgehead atoms. The molecule has 1 amide bonds. The summed E-state index contributed by atoms with van der Waals surface area (Å²) in [6.07, 6.45) is 0.839. The van der Waals surface area contributed by atoms with Crippen molar-refractivity contribution in [2.75, 3.05) is 7.11 Å². The van der Waals surface area contributed by atoms with Crippen LogP contribution in [0.2, 0.25) is 0 Å². The molecule has 1 aliphatic carbocycles. The molecule has 0 aliphatic heterocycles. The average Bonchev–Trinajstić information content (AvgIpc) is 2.98. The number of nitrogens with two attached hydrogens (primary N) is 1. The van der Waals surface area contributed by atoms with Crippen LogP contribution in [-0.4, -0.2) is 25.1 Å². The van der Waals surface area contributed by atoms with Crippen LogP contribution in [-0.2, 0) is 22.4 Å². The number of hydrogen-bond donors (Lipinski definition) is 1. The summed E-state index contributed by atoms with van der Waals surface area (Å²) in [4.78, 5) is 24.7. The van der Waals surface area contributed by atoms with E-state index in [2.05, 4.69) is 0 Å². The molecule has 23 heavy (non-hydrogen) atoms. The van der Waals surface area contributed by atoms with Gasteiger partial charge in [-0.2, -0.15) is 0 Å². The summed E-state index contributed by atoms with van der Waals surface area (Å²) < 4.78 is 10.3. The number of primary amides is 1. The van der Waals surface area contributed by atoms with E-state index in [4.69, 9.17) is 15.2 Å². The predicted octanol–water partition coefficient (Wildman–Crippen LogP) is 2.55. The van der Waals surface area contributed by atoms with Crippen molar-refractivity contribution >= 4 is 23.2 Å². The zero-order valence-electron chi connectivity index (χ0n) is 12.9. The molecular weight excluding hydrogens is 314 g/mol. The Labute approximate surface area is 138 Å². The van der Waals surface area contributed by atoms with E-state index in [1.165, 1.54) is 23.8 Å². The molecule has 1 aromatic heterocycles. The van der Waals surface area contributed by atoms with Crippen LogP contribution in [0.1, 0.15) is 27.7 Å². The van der Waals surface area contributed by atoms with Crippen molar-refractivity contribution in [2.45, 2.75) is 25.9 Å². The van der Waals surface area contributed by atoms with E-state index in [0.717, 1.165) is 34.6 Å². The highest BCUT2D eigenvalue weighted by Crippen LogP contribution is 2.41. The zero-order chi connectivity index (χ0) is 16.6. The van der Waals surface area contributed by atoms with Crippen molar-refractivity contribution in [2.24, 2.45) is 5.73 Å². The van der Waals surface area contributed by atoms with Gasteiger partial charge in [-0.05, 0) is 60.7 Å². The normalized spacial score (nSPS) is 13.7. The van der Waals surface area contributed by atoms with Gasteiger partial charge in [0, 0.05) is 4.88 Å². The van der Waals surface area contributed by atoms with Crippen molar-refractivity contribution < 1.29 is 19.1 Å². The average molecular weight is 331 g/mol. The number of methoxy groups -OCH3 is 1. The van der Waals surface area contributed by atoms with Crippen molar-refractivity contribution in [1.82, 2.24) is 0 Å². The third kappa shape index (κ3) is 2.94. The minimum atomic E-state index is -0.932. The number of rotatable bonds is 4. The Morgan fingerprint density at radius 3 is 2.65 bits per heavy atom. The monoisotopic (exact) mass is 331 g/mol. The molecule has 2 aromatic rings. The second-order valence-corrected chi connectivity index (χ2v) is 6.49. The smallest absolute Gasteiger partial charge is 0.349 e. The maximum Gasteiger partial charge on any atom is 0.349 e. The first-order chi connectivity index (χ1) is 11.0. The Morgan fingerprint density at radius 2 is 1.96 bits per heavy atom. The lowest BCUT2D eigenvalue weighted by Gasteiger charge is -2.16. The lowest BCUT2D eigenvalue weighted by Crippen LogP contribution is -2.30. The molecule has 0 radical (unpaired) electrons. The van der Waals surface area contributed by atoms with Crippen molar-refractivity contribution in [3.8, 4) is 16.2 Å². The molecule has 0 fully saturated rings. The summed E-state index contributed by atoms with van der Waals surface area (Å²) in [5, 5.41) is 0. The highest BCUT2D eigenvalue weighted by atomic mass is 32.1. The molecule has 3 rings (SSSR count). The van der Waals surface area contributed by atoms with E-state index in [1.807, 2.05) is 24.3 Å². The van der Waals surface area contributed by atoms with Crippen molar-refractivity contribution in [1.29, 1.82) is 0 Å². The van der Waals surface area contributed by atoms with Gasteiger partial charge in [-0.15, -0.1) is 11.3 Å². The highest BCUT2D eigenvalue weighted by molar-refractivity contribution is 7.17. The highest BCUT2D eigenvalue weighted by Gasteiger charge is 2.24. The number of ether oxygens (including phenoxy) is 2. The number of fused-ring (bicyclic) bond motifs is 3. The molecule has 1 heterocycles. The summed E-state index contributed by atoms with van der Waals surface area (Å²) in [5.41, 5.74) is 8.59. The van der Waals surface area contributed by atoms with Gasteiger partial charge in [0.25, 0.3) is 5.91 Å². The first-order valence-electron chi connectivity index (χ1n) is 7.30. The third-order valence-corrected chi connectivity index (χ3v) is 5.11. The van der Waals surface area contributed by atoms with Gasteiger partial charge in [0.2, 0.25) is 0 Å². The summed E-state index contributed by atoms with van der Waals surface area (Å²) in [6, 6.07) is 7.82. The van der Waals surface area contributed by atoms with E-state index in [1.54, 1.807) is 7.11 Å². The Balaban J connectivity index is 1.90. The van der Waals surface area contributed by atoms with Crippen LogP contribution in [0.15, 0.2) is 24.3 Å². The van der Waals surface area contributed by atoms with Crippen LogP contribution in [0.5, 0.6) is 5.75 Å². The fourth-order valence-corrected chi connectivity index (χ4v) is 3.77. The molecule has 0 saturated carbocycles. The van der Waals surface area contributed by atoms with E-state index in [0.29, 0.717) is 4.88 Å². The summed E-state index contributed by atoms with van der Waals surface area (Å²) >= 11 is 1.39. The minimum Gasteiger partial charge on any atom is -0.497 e. The number of carbonyl (C=O) groups excluding carboxylic acids is 2. The van der Waals surface area contributed by atoms with Gasteiger partial charge in [0.05, 0.1) is 7.11 Å². The van der Waals surface area contributed by atoms with E-state index < -0.39 is 18.0 Å². The zero-order valence-corrected chi connectivity index (χ0v) is 13.7. The maximum absolute atomic E-state index is 12.2. The van der Waals surface area contributed by atoms with E-state index >= 15 is 0 Å². The van der Waals surface area contributed by atoms with Crippen LogP contribution in [0, 0.1) is 0 Å². The SMILES string of the molecule is COc1ccc2c(c1)CCc1cc(C(=O)O[C@@H](C)C(N)=O)sc1-2. The molecule has 5 nitrogen and oxygen atoms in total. The molecule has 1 aromatic carbocycles. The van der Waals surface area contributed by atoms with Gasteiger partial charge < -0.3 is 15.2 Å².